The molecule has 1 unspecified atom stereocenters. The average molecular weight is 209 g/mol. The van der Waals surface area contributed by atoms with Crippen molar-refractivity contribution in [2.24, 2.45) is 0 Å². The number of hydrogen-bond acceptors (Lipinski definition) is 2. The molecule has 15 heavy (non-hydrogen) atoms. The van der Waals surface area contributed by atoms with Gasteiger partial charge in [-0.05, 0) is 12.5 Å². The van der Waals surface area contributed by atoms with Gasteiger partial charge in [0.15, 0.2) is 0 Å². The van der Waals surface area contributed by atoms with Gasteiger partial charge in [-0.1, -0.05) is 30.3 Å². The van der Waals surface area contributed by atoms with E-state index >= 15 is 0 Å². The number of carboxylic acid groups (broad SMARTS) is 1. The lowest BCUT2D eigenvalue weighted by Gasteiger charge is -2.11. The van der Waals surface area contributed by atoms with E-state index in [1.54, 1.807) is 6.92 Å². The lowest BCUT2D eigenvalue weighted by atomic mass is 10.2. The lowest BCUT2D eigenvalue weighted by molar-refractivity contribution is 0.101. The van der Waals surface area contributed by atoms with Crippen molar-refractivity contribution < 1.29 is 14.6 Å². The summed E-state index contributed by atoms with van der Waals surface area (Å²) in [5.74, 6) is 0. The van der Waals surface area contributed by atoms with Crippen molar-refractivity contribution in [1.82, 2.24) is 5.32 Å². The van der Waals surface area contributed by atoms with E-state index in [9.17, 15) is 4.79 Å². The molecule has 0 radical (unpaired) electrons. The van der Waals surface area contributed by atoms with E-state index in [-0.39, 0.29) is 6.04 Å². The number of nitrogens with one attached hydrogen (secondary N) is 1. The smallest absolute Gasteiger partial charge is 0.404 e. The summed E-state index contributed by atoms with van der Waals surface area (Å²) in [6.45, 7) is 2.65. The molecule has 1 aromatic rings. The van der Waals surface area contributed by atoms with Crippen molar-refractivity contribution >= 4 is 6.09 Å². The Labute approximate surface area is 88.9 Å². The Morgan fingerprint density at radius 3 is 2.73 bits per heavy atom. The predicted octanol–water partition coefficient (Wildman–Crippen LogP) is 1.86. The van der Waals surface area contributed by atoms with Gasteiger partial charge in [-0.2, -0.15) is 0 Å². The van der Waals surface area contributed by atoms with Crippen molar-refractivity contribution in [2.45, 2.75) is 19.6 Å². The molecule has 0 saturated heterocycles. The summed E-state index contributed by atoms with van der Waals surface area (Å²) in [7, 11) is 0. The van der Waals surface area contributed by atoms with Gasteiger partial charge in [0.1, 0.15) is 0 Å². The number of hydrogen-bond donors (Lipinski definition) is 2. The molecule has 0 saturated carbocycles. The van der Waals surface area contributed by atoms with Gasteiger partial charge in [0.2, 0.25) is 0 Å². The monoisotopic (exact) mass is 209 g/mol. The fraction of sp³-hybridized carbons (Fsp3) is 0.364. The fourth-order valence-corrected chi connectivity index (χ4v) is 1.18. The maximum Gasteiger partial charge on any atom is 0.404 e. The third kappa shape index (κ3) is 5.02. The molecule has 0 heterocycles. The third-order valence-corrected chi connectivity index (χ3v) is 1.85. The summed E-state index contributed by atoms with van der Waals surface area (Å²) in [4.78, 5) is 10.3. The minimum Gasteiger partial charge on any atom is -0.465 e. The molecule has 2 N–H and O–H groups in total. The molecule has 0 aromatic heterocycles. The van der Waals surface area contributed by atoms with Crippen molar-refractivity contribution in [3.05, 3.63) is 35.9 Å². The highest BCUT2D eigenvalue weighted by Crippen LogP contribution is 2.00. The maximum atomic E-state index is 10.3. The molecule has 4 heteroatoms. The Morgan fingerprint density at radius 1 is 1.47 bits per heavy atom. The second-order valence-electron chi connectivity index (χ2n) is 3.35. The Hall–Kier alpha value is -1.55. The standard InChI is InChI=1S/C11H15NO3/c1-9(12-11(13)14)7-15-8-10-5-3-2-4-6-10/h2-6,9,12H,7-8H2,1H3,(H,13,14). The number of amides is 1. The van der Waals surface area contributed by atoms with Crippen LogP contribution in [0.25, 0.3) is 0 Å². The first-order valence-electron chi connectivity index (χ1n) is 4.79. The van der Waals surface area contributed by atoms with E-state index in [0.29, 0.717) is 13.2 Å². The Balaban J connectivity index is 2.19. The van der Waals surface area contributed by atoms with E-state index < -0.39 is 6.09 Å². The third-order valence-electron chi connectivity index (χ3n) is 1.85. The molecule has 0 aliphatic carbocycles. The molecule has 1 rings (SSSR count). The fourth-order valence-electron chi connectivity index (χ4n) is 1.18. The van der Waals surface area contributed by atoms with Crippen molar-refractivity contribution in [3.63, 3.8) is 0 Å². The minimum atomic E-state index is -1.02. The van der Waals surface area contributed by atoms with Crippen LogP contribution < -0.4 is 5.32 Å². The lowest BCUT2D eigenvalue weighted by Crippen LogP contribution is -2.34. The number of rotatable bonds is 5. The van der Waals surface area contributed by atoms with Crippen LogP contribution in [-0.4, -0.2) is 23.8 Å². The molecule has 1 amide bonds. The highest BCUT2D eigenvalue weighted by atomic mass is 16.5. The molecule has 0 bridgehead atoms. The predicted molar refractivity (Wildman–Crippen MR) is 56.7 cm³/mol. The second-order valence-corrected chi connectivity index (χ2v) is 3.35. The first kappa shape index (κ1) is 11.5. The summed E-state index contributed by atoms with van der Waals surface area (Å²) in [6, 6.07) is 9.57. The Bertz CT molecular complexity index is 300. The van der Waals surface area contributed by atoms with E-state index in [1.807, 2.05) is 30.3 Å². The summed E-state index contributed by atoms with van der Waals surface area (Å²) < 4.78 is 5.36. The van der Waals surface area contributed by atoms with Crippen LogP contribution in [0, 0.1) is 0 Å². The van der Waals surface area contributed by atoms with Gasteiger partial charge in [0.25, 0.3) is 0 Å². The van der Waals surface area contributed by atoms with Crippen LogP contribution in [0.2, 0.25) is 0 Å². The van der Waals surface area contributed by atoms with Crippen LogP contribution in [0.3, 0.4) is 0 Å². The van der Waals surface area contributed by atoms with Crippen molar-refractivity contribution in [1.29, 1.82) is 0 Å². The van der Waals surface area contributed by atoms with E-state index in [1.165, 1.54) is 0 Å². The summed E-state index contributed by atoms with van der Waals surface area (Å²) in [5, 5.41) is 10.8. The molecule has 4 nitrogen and oxygen atoms in total. The normalized spacial score (nSPS) is 12.1. The van der Waals surface area contributed by atoms with Gasteiger partial charge in [-0.25, -0.2) is 4.79 Å². The zero-order valence-corrected chi connectivity index (χ0v) is 8.64. The second kappa shape index (κ2) is 6.03. The first-order valence-corrected chi connectivity index (χ1v) is 4.79. The minimum absolute atomic E-state index is 0.189. The first-order chi connectivity index (χ1) is 7.18. The number of benzene rings is 1. The van der Waals surface area contributed by atoms with Gasteiger partial charge in [-0.15, -0.1) is 0 Å². The zero-order chi connectivity index (χ0) is 11.1. The topological polar surface area (TPSA) is 58.6 Å². The molecule has 1 atom stereocenters. The van der Waals surface area contributed by atoms with E-state index in [0.717, 1.165) is 5.56 Å². The Morgan fingerprint density at radius 2 is 2.13 bits per heavy atom. The van der Waals surface area contributed by atoms with Gasteiger partial charge < -0.3 is 15.2 Å². The largest absolute Gasteiger partial charge is 0.465 e. The van der Waals surface area contributed by atoms with E-state index in [4.69, 9.17) is 9.84 Å². The molecular formula is C11H15NO3. The average Bonchev–Trinajstić information content (AvgIpc) is 2.18. The SMILES string of the molecule is CC(COCc1ccccc1)NC(=O)O. The van der Waals surface area contributed by atoms with Gasteiger partial charge in [0.05, 0.1) is 19.3 Å². The number of ether oxygens (including phenoxy) is 1. The van der Waals surface area contributed by atoms with Gasteiger partial charge in [-0.3, -0.25) is 0 Å². The van der Waals surface area contributed by atoms with Crippen LogP contribution in [0.1, 0.15) is 12.5 Å². The quantitative estimate of drug-likeness (QED) is 0.778. The molecule has 0 spiro atoms. The maximum absolute atomic E-state index is 10.3. The summed E-state index contributed by atoms with van der Waals surface area (Å²) >= 11 is 0. The summed E-state index contributed by atoms with van der Waals surface area (Å²) in [5.41, 5.74) is 1.08. The van der Waals surface area contributed by atoms with Gasteiger partial charge >= 0.3 is 6.09 Å². The van der Waals surface area contributed by atoms with Crippen LogP contribution in [-0.2, 0) is 11.3 Å². The molecule has 0 aliphatic rings. The van der Waals surface area contributed by atoms with Gasteiger partial charge in [0, 0.05) is 0 Å². The highest BCUT2D eigenvalue weighted by molar-refractivity contribution is 5.64. The Kier molecular flexibility index (Phi) is 4.63. The highest BCUT2D eigenvalue weighted by Gasteiger charge is 2.04. The molecule has 0 fully saturated rings. The van der Waals surface area contributed by atoms with Crippen LogP contribution in [0.15, 0.2) is 30.3 Å². The van der Waals surface area contributed by atoms with Crippen molar-refractivity contribution in [2.75, 3.05) is 6.61 Å². The van der Waals surface area contributed by atoms with Crippen molar-refractivity contribution in [3.8, 4) is 0 Å². The van der Waals surface area contributed by atoms with E-state index in [2.05, 4.69) is 5.32 Å². The molecular weight excluding hydrogens is 194 g/mol. The molecule has 1 aromatic carbocycles. The van der Waals surface area contributed by atoms with Crippen LogP contribution in [0.4, 0.5) is 4.79 Å². The number of carbonyl (C=O) groups is 1. The molecule has 0 aliphatic heterocycles. The summed E-state index contributed by atoms with van der Waals surface area (Å²) in [6.07, 6.45) is -1.02. The molecule has 82 valence electrons. The van der Waals surface area contributed by atoms with Crippen LogP contribution in [0.5, 0.6) is 0 Å². The van der Waals surface area contributed by atoms with Crippen LogP contribution >= 0.6 is 0 Å². The zero-order valence-electron chi connectivity index (χ0n) is 8.64.